The lowest BCUT2D eigenvalue weighted by molar-refractivity contribution is 0.0944. The summed E-state index contributed by atoms with van der Waals surface area (Å²) in [4.78, 5) is 12.4. The molecule has 28 heavy (non-hydrogen) atoms. The number of aromatic nitrogens is 3. The molecule has 0 bridgehead atoms. The molecular weight excluding hydrogens is 374 g/mol. The second-order valence-electron chi connectivity index (χ2n) is 7.06. The van der Waals surface area contributed by atoms with E-state index in [0.717, 1.165) is 29.7 Å². The van der Waals surface area contributed by atoms with Gasteiger partial charge < -0.3 is 11.1 Å². The Morgan fingerprint density at radius 3 is 2.43 bits per heavy atom. The van der Waals surface area contributed by atoms with Crippen molar-refractivity contribution >= 4 is 18.3 Å². The Balaban J connectivity index is 0.00000225. The van der Waals surface area contributed by atoms with Gasteiger partial charge in [0.05, 0.1) is 11.4 Å². The van der Waals surface area contributed by atoms with E-state index in [1.807, 2.05) is 49.4 Å². The smallest absolute Gasteiger partial charge is 0.273 e. The average molecular weight is 398 g/mol. The largest absolute Gasteiger partial charge is 0.349 e. The Morgan fingerprint density at radius 1 is 1.14 bits per heavy atom. The third-order valence-electron chi connectivity index (χ3n) is 5.05. The van der Waals surface area contributed by atoms with E-state index < -0.39 is 0 Å². The Bertz CT molecular complexity index is 935. The van der Waals surface area contributed by atoms with Gasteiger partial charge in [0, 0.05) is 12.6 Å². The number of halogens is 1. The van der Waals surface area contributed by atoms with E-state index in [9.17, 15) is 4.79 Å². The molecule has 0 saturated heterocycles. The Hall–Kier alpha value is -2.70. The summed E-state index contributed by atoms with van der Waals surface area (Å²) >= 11 is 0. The van der Waals surface area contributed by atoms with Crippen molar-refractivity contribution in [1.82, 2.24) is 20.3 Å². The highest BCUT2D eigenvalue weighted by Crippen LogP contribution is 2.31. The van der Waals surface area contributed by atoms with Crippen molar-refractivity contribution in [2.24, 2.45) is 11.7 Å². The number of hydrogen-bond donors (Lipinski definition) is 2. The van der Waals surface area contributed by atoms with Crippen molar-refractivity contribution in [2.75, 3.05) is 6.54 Å². The lowest BCUT2D eigenvalue weighted by Gasteiger charge is -2.11. The second kappa shape index (κ2) is 8.54. The zero-order valence-electron chi connectivity index (χ0n) is 15.7. The first-order valence-electron chi connectivity index (χ1n) is 9.25. The lowest BCUT2D eigenvalue weighted by Crippen LogP contribution is -2.38. The molecule has 1 heterocycles. The number of amides is 1. The number of carbonyl (C=O) groups is 1. The van der Waals surface area contributed by atoms with Crippen LogP contribution in [0.2, 0.25) is 0 Å². The SMILES string of the molecule is Cc1c(C(=O)NCC(N)C2CC2)nnn1-c1ccc(-c2ccccc2)cc1.Cl. The van der Waals surface area contributed by atoms with Crippen LogP contribution in [0.5, 0.6) is 0 Å². The van der Waals surface area contributed by atoms with Crippen molar-refractivity contribution in [3.8, 4) is 16.8 Å². The Kier molecular flexibility index (Phi) is 6.11. The highest BCUT2D eigenvalue weighted by molar-refractivity contribution is 5.93. The molecule has 1 aliphatic rings. The molecule has 6 nitrogen and oxygen atoms in total. The Morgan fingerprint density at radius 2 is 1.79 bits per heavy atom. The molecule has 1 amide bonds. The van der Waals surface area contributed by atoms with Gasteiger partial charge in [0.25, 0.3) is 5.91 Å². The second-order valence-corrected chi connectivity index (χ2v) is 7.06. The zero-order valence-corrected chi connectivity index (χ0v) is 16.5. The zero-order chi connectivity index (χ0) is 18.8. The first-order chi connectivity index (χ1) is 13.1. The highest BCUT2D eigenvalue weighted by Gasteiger charge is 2.29. The van der Waals surface area contributed by atoms with Gasteiger partial charge in [0.1, 0.15) is 0 Å². The van der Waals surface area contributed by atoms with Crippen LogP contribution in [0, 0.1) is 12.8 Å². The first kappa shape index (κ1) is 20.0. The maximum absolute atomic E-state index is 12.4. The van der Waals surface area contributed by atoms with E-state index in [1.54, 1.807) is 4.68 Å². The van der Waals surface area contributed by atoms with E-state index >= 15 is 0 Å². The quantitative estimate of drug-likeness (QED) is 0.669. The third-order valence-corrected chi connectivity index (χ3v) is 5.05. The van der Waals surface area contributed by atoms with Crippen LogP contribution in [0.25, 0.3) is 16.8 Å². The average Bonchev–Trinajstić information content (AvgIpc) is 3.49. The van der Waals surface area contributed by atoms with Crippen molar-refractivity contribution in [3.05, 3.63) is 66.0 Å². The minimum absolute atomic E-state index is 0. The standard InChI is InChI=1S/C21H23N5O.ClH/c1-14-20(21(27)23-13-19(22)17-7-8-17)24-25-26(14)18-11-9-16(10-12-18)15-5-3-2-4-6-15;/h2-6,9-12,17,19H,7-8,13,22H2,1H3,(H,23,27);1H. The van der Waals surface area contributed by atoms with Crippen LogP contribution in [0.4, 0.5) is 0 Å². The fourth-order valence-corrected chi connectivity index (χ4v) is 3.20. The summed E-state index contributed by atoms with van der Waals surface area (Å²) in [5, 5.41) is 11.1. The van der Waals surface area contributed by atoms with Gasteiger partial charge >= 0.3 is 0 Å². The van der Waals surface area contributed by atoms with Crippen LogP contribution in [-0.2, 0) is 0 Å². The normalized spacial score (nSPS) is 14.2. The summed E-state index contributed by atoms with van der Waals surface area (Å²) in [6.07, 6.45) is 2.32. The lowest BCUT2D eigenvalue weighted by atomic mass is 10.1. The van der Waals surface area contributed by atoms with Gasteiger partial charge in [-0.2, -0.15) is 0 Å². The van der Waals surface area contributed by atoms with Crippen molar-refractivity contribution in [3.63, 3.8) is 0 Å². The van der Waals surface area contributed by atoms with Crippen molar-refractivity contribution in [1.29, 1.82) is 0 Å². The number of nitrogens with two attached hydrogens (primary N) is 1. The molecule has 2 aromatic carbocycles. The molecule has 1 aliphatic carbocycles. The number of nitrogens with one attached hydrogen (secondary N) is 1. The van der Waals surface area contributed by atoms with Crippen molar-refractivity contribution < 1.29 is 4.79 Å². The molecule has 1 saturated carbocycles. The van der Waals surface area contributed by atoms with Gasteiger partial charge in [0.15, 0.2) is 5.69 Å². The molecule has 1 aromatic heterocycles. The van der Waals surface area contributed by atoms with Crippen molar-refractivity contribution in [2.45, 2.75) is 25.8 Å². The first-order valence-corrected chi connectivity index (χ1v) is 9.25. The summed E-state index contributed by atoms with van der Waals surface area (Å²) in [6, 6.07) is 18.3. The third kappa shape index (κ3) is 4.24. The topological polar surface area (TPSA) is 85.8 Å². The molecular formula is C21H24ClN5O. The molecule has 0 aliphatic heterocycles. The molecule has 4 rings (SSSR count). The Labute approximate surface area is 170 Å². The van der Waals surface area contributed by atoms with E-state index in [-0.39, 0.29) is 24.4 Å². The molecule has 1 unspecified atom stereocenters. The summed E-state index contributed by atoms with van der Waals surface area (Å²) in [5.41, 5.74) is 10.2. The number of rotatable bonds is 6. The van der Waals surface area contributed by atoms with Gasteiger partial charge in [0.2, 0.25) is 0 Å². The molecule has 0 spiro atoms. The molecule has 3 N–H and O–H groups in total. The van der Waals surface area contributed by atoms with E-state index in [1.165, 1.54) is 0 Å². The number of carbonyl (C=O) groups excluding carboxylic acids is 1. The molecule has 3 aromatic rings. The highest BCUT2D eigenvalue weighted by atomic mass is 35.5. The van der Waals surface area contributed by atoms with E-state index in [2.05, 4.69) is 27.8 Å². The van der Waals surface area contributed by atoms with Crippen LogP contribution in [0.3, 0.4) is 0 Å². The molecule has 7 heteroatoms. The fourth-order valence-electron chi connectivity index (χ4n) is 3.20. The monoisotopic (exact) mass is 397 g/mol. The van der Waals surface area contributed by atoms with Gasteiger partial charge in [-0.3, -0.25) is 4.79 Å². The minimum atomic E-state index is -0.226. The van der Waals surface area contributed by atoms with Crippen LogP contribution in [-0.4, -0.2) is 33.5 Å². The van der Waals surface area contributed by atoms with Crippen LogP contribution in [0.15, 0.2) is 54.6 Å². The van der Waals surface area contributed by atoms with Crippen LogP contribution < -0.4 is 11.1 Å². The maximum Gasteiger partial charge on any atom is 0.273 e. The molecule has 146 valence electrons. The number of hydrogen-bond acceptors (Lipinski definition) is 4. The van der Waals surface area contributed by atoms with Crippen LogP contribution >= 0.6 is 12.4 Å². The predicted octanol–water partition coefficient (Wildman–Crippen LogP) is 3.13. The van der Waals surface area contributed by atoms with E-state index in [0.29, 0.717) is 23.9 Å². The van der Waals surface area contributed by atoms with Gasteiger partial charge in [-0.15, -0.1) is 17.5 Å². The summed E-state index contributed by atoms with van der Waals surface area (Å²) < 4.78 is 1.69. The van der Waals surface area contributed by atoms with E-state index in [4.69, 9.17) is 5.73 Å². The summed E-state index contributed by atoms with van der Waals surface area (Å²) in [6.45, 7) is 2.32. The maximum atomic E-state index is 12.4. The minimum Gasteiger partial charge on any atom is -0.349 e. The predicted molar refractivity (Wildman–Crippen MR) is 112 cm³/mol. The molecule has 0 radical (unpaired) electrons. The number of nitrogens with zero attached hydrogens (tertiary/aromatic N) is 3. The summed E-state index contributed by atoms with van der Waals surface area (Å²) in [5.74, 6) is 0.320. The van der Waals surface area contributed by atoms with Crippen LogP contribution in [0.1, 0.15) is 29.0 Å². The summed E-state index contributed by atoms with van der Waals surface area (Å²) in [7, 11) is 0. The van der Waals surface area contributed by atoms with Gasteiger partial charge in [-0.05, 0) is 48.9 Å². The fraction of sp³-hybridized carbons (Fsp3) is 0.286. The molecule has 1 fully saturated rings. The molecule has 1 atom stereocenters. The van der Waals surface area contributed by atoms with Gasteiger partial charge in [-0.25, -0.2) is 4.68 Å². The van der Waals surface area contributed by atoms with Gasteiger partial charge in [-0.1, -0.05) is 47.7 Å². The number of benzene rings is 2.